The molecular weight excluding hydrogens is 344 g/mol. The molecule has 6 rings (SSSR count). The number of aromatic nitrogens is 1. The second kappa shape index (κ2) is 4.05. The van der Waals surface area contributed by atoms with Gasteiger partial charge in [-0.3, -0.25) is 14.2 Å². The van der Waals surface area contributed by atoms with Crippen molar-refractivity contribution >= 4 is 21.8 Å². The number of halogens is 1. The maximum absolute atomic E-state index is 12.9. The van der Waals surface area contributed by atoms with E-state index in [1.54, 1.807) is 6.07 Å². The lowest BCUT2D eigenvalue weighted by Gasteiger charge is -2.60. The Kier molecular flexibility index (Phi) is 2.46. The Morgan fingerprint density at radius 1 is 1.14 bits per heavy atom. The topological polar surface area (TPSA) is 51.1 Å². The van der Waals surface area contributed by atoms with Crippen molar-refractivity contribution in [3.8, 4) is 0 Å². The molecule has 22 heavy (non-hydrogen) atoms. The minimum Gasteiger partial charge on any atom is -0.327 e. The first-order valence-corrected chi connectivity index (χ1v) is 9.05. The van der Waals surface area contributed by atoms with Crippen LogP contribution in [0.5, 0.6) is 0 Å². The molecule has 0 aromatic carbocycles. The lowest BCUT2D eigenvalue weighted by atomic mass is 9.51. The van der Waals surface area contributed by atoms with Gasteiger partial charge in [-0.2, -0.15) is 0 Å². The van der Waals surface area contributed by atoms with Gasteiger partial charge in [-0.05, 0) is 78.4 Å². The lowest BCUT2D eigenvalue weighted by Crippen LogP contribution is -2.65. The first-order valence-electron chi connectivity index (χ1n) is 8.26. The molecule has 1 N–H and O–H groups in total. The quantitative estimate of drug-likeness (QED) is 0.771. The third-order valence-corrected chi connectivity index (χ3v) is 7.20. The van der Waals surface area contributed by atoms with Crippen LogP contribution in [-0.2, 0) is 5.66 Å². The fraction of sp³-hybridized carbons (Fsp3) is 0.647. The molecule has 4 bridgehead atoms. The van der Waals surface area contributed by atoms with Crippen LogP contribution in [0.4, 0.5) is 0 Å². The predicted molar refractivity (Wildman–Crippen MR) is 85.6 cm³/mol. The summed E-state index contributed by atoms with van der Waals surface area (Å²) in [7, 11) is 0. The van der Waals surface area contributed by atoms with Crippen LogP contribution in [0.15, 0.2) is 15.3 Å². The lowest BCUT2D eigenvalue weighted by molar-refractivity contribution is -0.106. The third kappa shape index (κ3) is 1.39. The van der Waals surface area contributed by atoms with Gasteiger partial charge in [-0.25, -0.2) is 0 Å². The zero-order valence-electron chi connectivity index (χ0n) is 12.6. The maximum atomic E-state index is 12.9. The van der Waals surface area contributed by atoms with Gasteiger partial charge in [-0.1, -0.05) is 0 Å². The van der Waals surface area contributed by atoms with Gasteiger partial charge in [0.15, 0.2) is 0 Å². The minimum atomic E-state index is -0.453. The molecule has 1 amide bonds. The van der Waals surface area contributed by atoms with Crippen molar-refractivity contribution in [3.63, 3.8) is 0 Å². The van der Waals surface area contributed by atoms with Crippen molar-refractivity contribution in [1.82, 2.24) is 9.88 Å². The standard InChI is InChI=1S/C17H19BrN2O2/c1-8-2-13(18)16(22)20-14(8)15(21)19-17(20)11-4-9-3-10(6-11)7-12(17)5-9/h2,9-12H,3-7H2,1H3,(H,19,21). The van der Waals surface area contributed by atoms with Gasteiger partial charge in [0.05, 0.1) is 4.47 Å². The van der Waals surface area contributed by atoms with Crippen molar-refractivity contribution in [1.29, 1.82) is 0 Å². The SMILES string of the molecule is Cc1cc(Br)c(=O)n2c1C(=O)NC21C2CC3CC(C2)CC1C3. The number of amides is 1. The molecule has 4 nitrogen and oxygen atoms in total. The molecule has 116 valence electrons. The number of nitrogens with one attached hydrogen (secondary N) is 1. The normalized spacial score (nSPS) is 41.1. The van der Waals surface area contributed by atoms with Crippen molar-refractivity contribution < 1.29 is 4.79 Å². The zero-order chi connectivity index (χ0) is 15.2. The van der Waals surface area contributed by atoms with E-state index < -0.39 is 5.66 Å². The van der Waals surface area contributed by atoms with Crippen molar-refractivity contribution in [2.75, 3.05) is 0 Å². The van der Waals surface area contributed by atoms with E-state index in [0.29, 0.717) is 22.0 Å². The highest BCUT2D eigenvalue weighted by Crippen LogP contribution is 2.61. The summed E-state index contributed by atoms with van der Waals surface area (Å²) in [6.07, 6.45) is 5.99. The van der Waals surface area contributed by atoms with E-state index in [4.69, 9.17) is 0 Å². The van der Waals surface area contributed by atoms with Crippen LogP contribution in [0.3, 0.4) is 0 Å². The molecule has 5 aliphatic rings. The molecule has 2 heterocycles. The van der Waals surface area contributed by atoms with Crippen LogP contribution in [0.25, 0.3) is 0 Å². The first kappa shape index (κ1) is 13.3. The van der Waals surface area contributed by atoms with Gasteiger partial charge in [-0.15, -0.1) is 0 Å². The van der Waals surface area contributed by atoms with E-state index >= 15 is 0 Å². The molecular formula is C17H19BrN2O2. The smallest absolute Gasteiger partial charge is 0.270 e. The number of fused-ring (bicyclic) bond motifs is 1. The average molecular weight is 363 g/mol. The van der Waals surface area contributed by atoms with Crippen LogP contribution in [0, 0.1) is 30.6 Å². The summed E-state index contributed by atoms with van der Waals surface area (Å²) in [5.41, 5.74) is 0.965. The minimum absolute atomic E-state index is 0.0496. The molecule has 1 aromatic heterocycles. The largest absolute Gasteiger partial charge is 0.327 e. The van der Waals surface area contributed by atoms with Crippen molar-refractivity contribution in [2.45, 2.75) is 44.7 Å². The fourth-order valence-corrected chi connectivity index (χ4v) is 6.63. The van der Waals surface area contributed by atoms with Gasteiger partial charge in [0.2, 0.25) is 0 Å². The van der Waals surface area contributed by atoms with E-state index in [9.17, 15) is 9.59 Å². The molecule has 1 aromatic rings. The Labute approximate surface area is 137 Å². The van der Waals surface area contributed by atoms with Gasteiger partial charge < -0.3 is 5.32 Å². The second-order valence-electron chi connectivity index (χ2n) is 7.75. The number of carbonyl (C=O) groups is 1. The molecule has 1 aliphatic heterocycles. The number of aryl methyl sites for hydroxylation is 1. The molecule has 1 spiro atoms. The van der Waals surface area contributed by atoms with E-state index in [1.165, 1.54) is 6.42 Å². The molecule has 0 radical (unpaired) electrons. The maximum Gasteiger partial charge on any atom is 0.270 e. The van der Waals surface area contributed by atoms with Crippen LogP contribution in [0.2, 0.25) is 0 Å². The molecule has 0 saturated heterocycles. The number of hydrogen-bond acceptors (Lipinski definition) is 2. The number of nitrogens with zero attached hydrogens (tertiary/aromatic N) is 1. The Bertz CT molecular complexity index is 739. The number of rotatable bonds is 0. The molecule has 4 saturated carbocycles. The molecule has 4 fully saturated rings. The van der Waals surface area contributed by atoms with Crippen LogP contribution in [0.1, 0.15) is 48.2 Å². The van der Waals surface area contributed by atoms with Crippen LogP contribution in [-0.4, -0.2) is 10.5 Å². The summed E-state index contributed by atoms with van der Waals surface area (Å²) in [5, 5.41) is 3.29. The Morgan fingerprint density at radius 3 is 2.32 bits per heavy atom. The summed E-state index contributed by atoms with van der Waals surface area (Å²) in [6, 6.07) is 1.78. The highest BCUT2D eigenvalue weighted by Gasteiger charge is 2.62. The summed E-state index contributed by atoms with van der Waals surface area (Å²) in [4.78, 5) is 25.5. The van der Waals surface area contributed by atoms with Crippen LogP contribution < -0.4 is 10.9 Å². The predicted octanol–water partition coefficient (Wildman–Crippen LogP) is 2.77. The van der Waals surface area contributed by atoms with Crippen molar-refractivity contribution in [3.05, 3.63) is 32.2 Å². The number of carbonyl (C=O) groups excluding carboxylic acids is 1. The monoisotopic (exact) mass is 362 g/mol. The Morgan fingerprint density at radius 2 is 1.73 bits per heavy atom. The van der Waals surface area contributed by atoms with E-state index in [1.807, 2.05) is 11.5 Å². The summed E-state index contributed by atoms with van der Waals surface area (Å²) < 4.78 is 2.40. The highest BCUT2D eigenvalue weighted by molar-refractivity contribution is 9.10. The average Bonchev–Trinajstić information content (AvgIpc) is 2.76. The van der Waals surface area contributed by atoms with E-state index in [2.05, 4.69) is 21.2 Å². The second-order valence-corrected chi connectivity index (χ2v) is 8.60. The number of pyridine rings is 1. The first-order chi connectivity index (χ1) is 10.5. The highest BCUT2D eigenvalue weighted by atomic mass is 79.9. The van der Waals surface area contributed by atoms with Gasteiger partial charge in [0.1, 0.15) is 11.4 Å². The van der Waals surface area contributed by atoms with E-state index in [0.717, 1.165) is 43.1 Å². The van der Waals surface area contributed by atoms with Gasteiger partial charge in [0, 0.05) is 11.8 Å². The fourth-order valence-electron chi connectivity index (χ4n) is 6.11. The van der Waals surface area contributed by atoms with Crippen LogP contribution >= 0.6 is 15.9 Å². The van der Waals surface area contributed by atoms with E-state index in [-0.39, 0.29) is 11.5 Å². The third-order valence-electron chi connectivity index (χ3n) is 6.63. The zero-order valence-corrected chi connectivity index (χ0v) is 14.1. The summed E-state index contributed by atoms with van der Waals surface area (Å²) in [6.45, 7) is 1.92. The molecule has 4 aliphatic carbocycles. The summed E-state index contributed by atoms with van der Waals surface area (Å²) in [5.74, 6) is 2.38. The van der Waals surface area contributed by atoms with Crippen molar-refractivity contribution in [2.24, 2.45) is 23.7 Å². The summed E-state index contributed by atoms with van der Waals surface area (Å²) >= 11 is 3.40. The Balaban J connectivity index is 1.80. The Hall–Kier alpha value is -1.10. The molecule has 5 heteroatoms. The molecule has 0 unspecified atom stereocenters. The van der Waals surface area contributed by atoms with Gasteiger partial charge in [0.25, 0.3) is 11.5 Å². The van der Waals surface area contributed by atoms with Gasteiger partial charge >= 0.3 is 0 Å². The number of hydrogen-bond donors (Lipinski definition) is 1. The molecule has 0 atom stereocenters.